The Kier molecular flexibility index (Phi) is 3.03. The first-order chi connectivity index (χ1) is 11.0. The Balaban J connectivity index is 1.93. The maximum Gasteiger partial charge on any atom is 0.266 e. The van der Waals surface area contributed by atoms with E-state index in [0.29, 0.717) is 5.75 Å². The van der Waals surface area contributed by atoms with Crippen LogP contribution in [0.3, 0.4) is 0 Å². The Bertz CT molecular complexity index is 831. The molecule has 1 unspecified atom stereocenters. The van der Waals surface area contributed by atoms with Crippen LogP contribution in [0, 0.1) is 13.8 Å². The van der Waals surface area contributed by atoms with Gasteiger partial charge in [0.25, 0.3) is 5.91 Å². The van der Waals surface area contributed by atoms with Crippen LogP contribution in [0.15, 0.2) is 42.5 Å². The van der Waals surface area contributed by atoms with Crippen molar-refractivity contribution in [1.29, 1.82) is 0 Å². The summed E-state index contributed by atoms with van der Waals surface area (Å²) in [5, 5.41) is 2.94. The lowest BCUT2D eigenvalue weighted by Crippen LogP contribution is -2.47. The van der Waals surface area contributed by atoms with Gasteiger partial charge >= 0.3 is 0 Å². The van der Waals surface area contributed by atoms with Crippen molar-refractivity contribution in [2.45, 2.75) is 18.7 Å². The summed E-state index contributed by atoms with van der Waals surface area (Å²) >= 11 is 1.39. The molecule has 1 spiro atoms. The van der Waals surface area contributed by atoms with Gasteiger partial charge in [-0.1, -0.05) is 35.4 Å². The van der Waals surface area contributed by atoms with Crippen molar-refractivity contribution in [1.82, 2.24) is 0 Å². The fourth-order valence-corrected chi connectivity index (χ4v) is 4.54. The molecule has 1 fully saturated rings. The van der Waals surface area contributed by atoms with Crippen LogP contribution >= 0.6 is 11.8 Å². The van der Waals surface area contributed by atoms with E-state index in [2.05, 4.69) is 5.32 Å². The summed E-state index contributed by atoms with van der Waals surface area (Å²) in [7, 11) is 0. The second-order valence-electron chi connectivity index (χ2n) is 6.00. The van der Waals surface area contributed by atoms with E-state index in [1.54, 1.807) is 4.90 Å². The van der Waals surface area contributed by atoms with Gasteiger partial charge in [0.15, 0.2) is 0 Å². The number of rotatable bonds is 1. The number of amides is 2. The van der Waals surface area contributed by atoms with E-state index in [1.165, 1.54) is 11.8 Å². The van der Waals surface area contributed by atoms with Gasteiger partial charge in [0.2, 0.25) is 10.8 Å². The summed E-state index contributed by atoms with van der Waals surface area (Å²) in [5.41, 5.74) is 4.62. The third kappa shape index (κ3) is 1.93. The van der Waals surface area contributed by atoms with Crippen molar-refractivity contribution in [3.05, 3.63) is 59.2 Å². The number of nitrogens with zero attached hydrogens (tertiary/aromatic N) is 1. The number of carbonyl (C=O) groups excluding carboxylic acids is 2. The number of nitrogens with one attached hydrogen (secondary N) is 1. The molecule has 4 nitrogen and oxygen atoms in total. The molecule has 1 saturated heterocycles. The van der Waals surface area contributed by atoms with Crippen LogP contribution in [0.4, 0.5) is 11.4 Å². The number of thioether (sulfide) groups is 1. The quantitative estimate of drug-likeness (QED) is 0.876. The maximum absolute atomic E-state index is 12.8. The molecule has 5 heteroatoms. The molecule has 0 aliphatic carbocycles. The zero-order valence-electron chi connectivity index (χ0n) is 12.9. The molecule has 2 aliphatic rings. The molecule has 2 aromatic rings. The average Bonchev–Trinajstić information content (AvgIpc) is 3.01. The van der Waals surface area contributed by atoms with E-state index in [9.17, 15) is 9.59 Å². The predicted molar refractivity (Wildman–Crippen MR) is 92.6 cm³/mol. The molecule has 2 aliphatic heterocycles. The molecule has 116 valence electrons. The van der Waals surface area contributed by atoms with Crippen LogP contribution in [0.5, 0.6) is 0 Å². The van der Waals surface area contributed by atoms with Crippen LogP contribution in [-0.2, 0) is 14.5 Å². The third-order valence-corrected chi connectivity index (χ3v) is 5.75. The fourth-order valence-electron chi connectivity index (χ4n) is 3.23. The number of hydrogen-bond acceptors (Lipinski definition) is 3. The van der Waals surface area contributed by atoms with Gasteiger partial charge < -0.3 is 5.32 Å². The molecule has 0 aromatic heterocycles. The van der Waals surface area contributed by atoms with Crippen molar-refractivity contribution < 1.29 is 9.59 Å². The van der Waals surface area contributed by atoms with Crippen LogP contribution in [0.1, 0.15) is 16.7 Å². The second kappa shape index (κ2) is 4.86. The molecule has 0 radical (unpaired) electrons. The number of aryl methyl sites for hydroxylation is 2. The zero-order chi connectivity index (χ0) is 16.2. The molecule has 23 heavy (non-hydrogen) atoms. The van der Waals surface area contributed by atoms with Gasteiger partial charge in [0.05, 0.1) is 5.75 Å². The second-order valence-corrected chi connectivity index (χ2v) is 7.17. The average molecular weight is 324 g/mol. The number of benzene rings is 2. The Morgan fingerprint density at radius 3 is 2.48 bits per heavy atom. The molecule has 1 atom stereocenters. The van der Waals surface area contributed by atoms with Crippen LogP contribution in [-0.4, -0.2) is 17.6 Å². The molecule has 2 heterocycles. The first-order valence-corrected chi connectivity index (χ1v) is 8.47. The minimum Gasteiger partial charge on any atom is -0.323 e. The number of fused-ring (bicyclic) bond motifs is 2. The summed E-state index contributed by atoms with van der Waals surface area (Å²) in [5.74, 6) is 0.118. The number of anilines is 2. The lowest BCUT2D eigenvalue weighted by atomic mass is 10.0. The van der Waals surface area contributed by atoms with E-state index in [1.807, 2.05) is 56.3 Å². The monoisotopic (exact) mass is 324 g/mol. The first kappa shape index (κ1) is 14.3. The van der Waals surface area contributed by atoms with Gasteiger partial charge in [-0.05, 0) is 32.0 Å². The van der Waals surface area contributed by atoms with Gasteiger partial charge in [0.1, 0.15) is 0 Å². The molecule has 1 N–H and O–H groups in total. The highest BCUT2D eigenvalue weighted by Crippen LogP contribution is 2.53. The normalized spacial score (nSPS) is 22.6. The topological polar surface area (TPSA) is 49.4 Å². The number of hydrogen-bond donors (Lipinski definition) is 1. The molecule has 4 rings (SSSR count). The van der Waals surface area contributed by atoms with Crippen LogP contribution < -0.4 is 10.2 Å². The molecular weight excluding hydrogens is 308 g/mol. The van der Waals surface area contributed by atoms with Crippen LogP contribution in [0.2, 0.25) is 0 Å². The van der Waals surface area contributed by atoms with Crippen LogP contribution in [0.25, 0.3) is 0 Å². The SMILES string of the molecule is Cc1ccc(N2C(=O)CSC23C(=O)Nc2ccc(C)cc23)cc1. The third-order valence-electron chi connectivity index (χ3n) is 4.36. The predicted octanol–water partition coefficient (Wildman–Crippen LogP) is 3.19. The Labute approximate surface area is 138 Å². The van der Waals surface area contributed by atoms with Gasteiger partial charge in [-0.15, -0.1) is 11.8 Å². The number of carbonyl (C=O) groups is 2. The molecule has 0 saturated carbocycles. The lowest BCUT2D eigenvalue weighted by Gasteiger charge is -2.32. The molecule has 2 aromatic carbocycles. The minimum absolute atomic E-state index is 0.0386. The first-order valence-electron chi connectivity index (χ1n) is 7.48. The zero-order valence-corrected chi connectivity index (χ0v) is 13.7. The Morgan fingerprint density at radius 2 is 1.74 bits per heavy atom. The lowest BCUT2D eigenvalue weighted by molar-refractivity contribution is -0.122. The Morgan fingerprint density at radius 1 is 1.04 bits per heavy atom. The summed E-state index contributed by atoms with van der Waals surface area (Å²) < 4.78 is 0. The summed E-state index contributed by atoms with van der Waals surface area (Å²) in [4.78, 5) is 26.1. The van der Waals surface area contributed by atoms with E-state index in [-0.39, 0.29) is 11.8 Å². The molecule has 0 bridgehead atoms. The van der Waals surface area contributed by atoms with E-state index in [0.717, 1.165) is 28.1 Å². The van der Waals surface area contributed by atoms with Crippen molar-refractivity contribution in [3.63, 3.8) is 0 Å². The van der Waals surface area contributed by atoms with Gasteiger partial charge in [0, 0.05) is 16.9 Å². The minimum atomic E-state index is -0.992. The van der Waals surface area contributed by atoms with Crippen molar-refractivity contribution in [3.8, 4) is 0 Å². The van der Waals surface area contributed by atoms with Crippen molar-refractivity contribution in [2.24, 2.45) is 0 Å². The standard InChI is InChI=1S/C18H16N2O2S/c1-11-3-6-13(7-4-11)20-16(21)10-23-18(20)14-9-12(2)5-8-15(14)19-17(18)22/h3-9H,10H2,1-2H3,(H,19,22). The van der Waals surface area contributed by atoms with Gasteiger partial charge in [-0.25, -0.2) is 0 Å². The van der Waals surface area contributed by atoms with Crippen molar-refractivity contribution in [2.75, 3.05) is 16.0 Å². The Hall–Kier alpha value is -2.27. The molecule has 2 amide bonds. The molecular formula is C18H16N2O2S. The highest BCUT2D eigenvalue weighted by atomic mass is 32.2. The largest absolute Gasteiger partial charge is 0.323 e. The van der Waals surface area contributed by atoms with E-state index in [4.69, 9.17) is 0 Å². The maximum atomic E-state index is 12.8. The summed E-state index contributed by atoms with van der Waals surface area (Å²) in [6.07, 6.45) is 0. The van der Waals surface area contributed by atoms with Gasteiger partial charge in [-0.2, -0.15) is 0 Å². The van der Waals surface area contributed by atoms with E-state index >= 15 is 0 Å². The highest BCUT2D eigenvalue weighted by molar-refractivity contribution is 8.02. The van der Waals surface area contributed by atoms with Gasteiger partial charge in [-0.3, -0.25) is 14.5 Å². The summed E-state index contributed by atoms with van der Waals surface area (Å²) in [6, 6.07) is 13.6. The fraction of sp³-hybridized carbons (Fsp3) is 0.222. The van der Waals surface area contributed by atoms with E-state index < -0.39 is 4.87 Å². The smallest absolute Gasteiger partial charge is 0.266 e. The van der Waals surface area contributed by atoms with Crippen molar-refractivity contribution >= 4 is 35.0 Å². The highest BCUT2D eigenvalue weighted by Gasteiger charge is 2.58. The summed E-state index contributed by atoms with van der Waals surface area (Å²) in [6.45, 7) is 4.00.